The quantitative estimate of drug-likeness (QED) is 0.788. The van der Waals surface area contributed by atoms with Gasteiger partial charge < -0.3 is 9.47 Å². The number of ether oxygens (including phenoxy) is 2. The minimum absolute atomic E-state index is 0.0371. The van der Waals surface area contributed by atoms with Gasteiger partial charge in [-0.05, 0) is 41.8 Å². The molecule has 1 aliphatic heterocycles. The summed E-state index contributed by atoms with van der Waals surface area (Å²) in [4.78, 5) is 4.55. The molecule has 0 spiro atoms. The number of aromatic nitrogens is 5. The summed E-state index contributed by atoms with van der Waals surface area (Å²) in [5, 5.41) is 12.0. The largest absolute Gasteiger partial charge is 0.350 e. The first-order valence-corrected chi connectivity index (χ1v) is 8.98. The lowest BCUT2D eigenvalue weighted by atomic mass is 9.96. The summed E-state index contributed by atoms with van der Waals surface area (Å²) in [6.45, 7) is 7.98. The highest BCUT2D eigenvalue weighted by molar-refractivity contribution is 5.56. The summed E-state index contributed by atoms with van der Waals surface area (Å²) < 4.78 is 13.3. The van der Waals surface area contributed by atoms with Crippen LogP contribution in [0.4, 0.5) is 0 Å². The lowest BCUT2D eigenvalue weighted by molar-refractivity contribution is -0.227. The Morgan fingerprint density at radius 3 is 2.73 bits per heavy atom. The molecule has 7 heteroatoms. The molecule has 0 radical (unpaired) electrons. The van der Waals surface area contributed by atoms with Crippen molar-refractivity contribution in [2.24, 2.45) is 11.3 Å². The molecule has 0 unspecified atom stereocenters. The molecule has 1 saturated heterocycles. The first kappa shape index (κ1) is 17.1. The monoisotopic (exact) mass is 353 g/mol. The molecule has 26 heavy (non-hydrogen) atoms. The predicted molar refractivity (Wildman–Crippen MR) is 94.9 cm³/mol. The molecule has 0 N–H and O–H groups in total. The predicted octanol–water partition coefficient (Wildman–Crippen LogP) is 2.20. The maximum Gasteiger partial charge on any atom is 0.201 e. The molecule has 2 fully saturated rings. The van der Waals surface area contributed by atoms with Gasteiger partial charge in [0, 0.05) is 23.1 Å². The van der Waals surface area contributed by atoms with Gasteiger partial charge in [0.2, 0.25) is 5.82 Å². The highest BCUT2D eigenvalue weighted by atomic mass is 16.7. The highest BCUT2D eigenvalue weighted by Crippen LogP contribution is 2.28. The molecular weight excluding hydrogens is 330 g/mol. The van der Waals surface area contributed by atoms with Crippen molar-refractivity contribution < 1.29 is 9.47 Å². The molecule has 2 aliphatic rings. The molecule has 136 valence electrons. The van der Waals surface area contributed by atoms with E-state index in [1.165, 1.54) is 12.8 Å². The summed E-state index contributed by atoms with van der Waals surface area (Å²) in [6, 6.07) is 2.03. The van der Waals surface area contributed by atoms with Crippen LogP contribution in [0.15, 0.2) is 12.3 Å². The Balaban J connectivity index is 1.50. The Morgan fingerprint density at radius 2 is 2.04 bits per heavy atom. The average molecular weight is 353 g/mol. The number of pyridine rings is 1. The molecule has 0 aromatic carbocycles. The van der Waals surface area contributed by atoms with Crippen LogP contribution in [0, 0.1) is 30.1 Å². The molecule has 1 saturated carbocycles. The second-order valence-electron chi connectivity index (χ2n) is 7.83. The SMILES string of the molecule is Cc1cc(C#CC2CC2)cnc1-c1nnnn1CC1OCC(C)(C)CO1. The third kappa shape index (κ3) is 3.92. The van der Waals surface area contributed by atoms with Gasteiger partial charge in [0.15, 0.2) is 6.29 Å². The standard InChI is InChI=1S/C19H23N5O2/c1-13-8-15(7-6-14-4-5-14)9-20-17(13)18-21-22-23-24(18)10-16-25-11-19(2,3)12-26-16/h8-9,14,16H,4-5,10-12H2,1-3H3. The number of tetrazole rings is 1. The van der Waals surface area contributed by atoms with Crippen molar-refractivity contribution in [3.05, 3.63) is 23.4 Å². The van der Waals surface area contributed by atoms with Gasteiger partial charge in [-0.3, -0.25) is 4.98 Å². The van der Waals surface area contributed by atoms with Crippen LogP contribution in [-0.4, -0.2) is 44.7 Å². The molecule has 2 aromatic rings. The fourth-order valence-corrected chi connectivity index (χ4v) is 2.76. The van der Waals surface area contributed by atoms with Gasteiger partial charge in [-0.2, -0.15) is 0 Å². The minimum Gasteiger partial charge on any atom is -0.350 e. The van der Waals surface area contributed by atoms with Crippen LogP contribution in [0.5, 0.6) is 0 Å². The minimum atomic E-state index is -0.353. The Bertz CT molecular complexity index is 850. The van der Waals surface area contributed by atoms with Crippen LogP contribution in [0.2, 0.25) is 0 Å². The number of hydrogen-bond acceptors (Lipinski definition) is 6. The Hall–Kier alpha value is -2.30. The Labute approximate surface area is 153 Å². The summed E-state index contributed by atoms with van der Waals surface area (Å²) in [5.41, 5.74) is 2.71. The van der Waals surface area contributed by atoms with Crippen LogP contribution in [0.25, 0.3) is 11.5 Å². The maximum absolute atomic E-state index is 5.79. The molecule has 2 aromatic heterocycles. The van der Waals surface area contributed by atoms with E-state index in [0.717, 1.165) is 16.8 Å². The zero-order valence-electron chi connectivity index (χ0n) is 15.4. The lowest BCUT2D eigenvalue weighted by Gasteiger charge is -2.34. The molecule has 3 heterocycles. The van der Waals surface area contributed by atoms with Crippen molar-refractivity contribution in [2.45, 2.75) is 46.4 Å². The van der Waals surface area contributed by atoms with Gasteiger partial charge in [-0.1, -0.05) is 25.7 Å². The van der Waals surface area contributed by atoms with E-state index in [0.29, 0.717) is 31.5 Å². The first-order chi connectivity index (χ1) is 12.5. The zero-order chi connectivity index (χ0) is 18.1. The fourth-order valence-electron chi connectivity index (χ4n) is 2.76. The number of rotatable bonds is 3. The van der Waals surface area contributed by atoms with Crippen molar-refractivity contribution in [1.82, 2.24) is 25.2 Å². The van der Waals surface area contributed by atoms with Crippen LogP contribution in [0.1, 0.15) is 37.8 Å². The van der Waals surface area contributed by atoms with Crippen molar-refractivity contribution in [3.8, 4) is 23.4 Å². The van der Waals surface area contributed by atoms with E-state index in [9.17, 15) is 0 Å². The average Bonchev–Trinajstić information content (AvgIpc) is 3.33. The van der Waals surface area contributed by atoms with E-state index in [1.807, 2.05) is 13.0 Å². The first-order valence-electron chi connectivity index (χ1n) is 8.98. The lowest BCUT2D eigenvalue weighted by Crippen LogP contribution is -2.39. The van der Waals surface area contributed by atoms with E-state index in [1.54, 1.807) is 10.9 Å². The molecule has 7 nitrogen and oxygen atoms in total. The fraction of sp³-hybridized carbons (Fsp3) is 0.579. The maximum atomic E-state index is 5.79. The Morgan fingerprint density at radius 1 is 1.27 bits per heavy atom. The number of aryl methyl sites for hydroxylation is 1. The third-order valence-electron chi connectivity index (χ3n) is 4.46. The van der Waals surface area contributed by atoms with Crippen molar-refractivity contribution in [1.29, 1.82) is 0 Å². The molecular formula is C19H23N5O2. The van der Waals surface area contributed by atoms with Gasteiger partial charge in [0.1, 0.15) is 5.69 Å². The van der Waals surface area contributed by atoms with Gasteiger partial charge >= 0.3 is 0 Å². The van der Waals surface area contributed by atoms with Gasteiger partial charge in [0.25, 0.3) is 0 Å². The molecule has 4 rings (SSSR count). The van der Waals surface area contributed by atoms with E-state index in [4.69, 9.17) is 9.47 Å². The van der Waals surface area contributed by atoms with Crippen molar-refractivity contribution >= 4 is 0 Å². The summed E-state index contributed by atoms with van der Waals surface area (Å²) in [7, 11) is 0. The number of nitrogens with zero attached hydrogens (tertiary/aromatic N) is 5. The molecule has 1 aliphatic carbocycles. The normalized spacial score (nSPS) is 19.8. The smallest absolute Gasteiger partial charge is 0.201 e. The van der Waals surface area contributed by atoms with Gasteiger partial charge in [-0.15, -0.1) is 5.10 Å². The van der Waals surface area contributed by atoms with E-state index in [-0.39, 0.29) is 11.7 Å². The van der Waals surface area contributed by atoms with Gasteiger partial charge in [0.05, 0.1) is 19.8 Å². The third-order valence-corrected chi connectivity index (χ3v) is 4.46. The molecule has 0 amide bonds. The number of hydrogen-bond donors (Lipinski definition) is 0. The van der Waals surface area contributed by atoms with E-state index >= 15 is 0 Å². The van der Waals surface area contributed by atoms with Gasteiger partial charge in [-0.25, -0.2) is 4.68 Å². The van der Waals surface area contributed by atoms with Crippen molar-refractivity contribution in [2.75, 3.05) is 13.2 Å². The van der Waals surface area contributed by atoms with Crippen molar-refractivity contribution in [3.63, 3.8) is 0 Å². The highest BCUT2D eigenvalue weighted by Gasteiger charge is 2.29. The van der Waals surface area contributed by atoms with Crippen LogP contribution < -0.4 is 0 Å². The van der Waals surface area contributed by atoms with Crippen LogP contribution >= 0.6 is 0 Å². The van der Waals surface area contributed by atoms with E-state index in [2.05, 4.69) is 46.2 Å². The second kappa shape index (κ2) is 6.78. The zero-order valence-corrected chi connectivity index (χ0v) is 15.4. The molecule has 0 atom stereocenters. The summed E-state index contributed by atoms with van der Waals surface area (Å²) in [6.07, 6.45) is 3.87. The van der Waals surface area contributed by atoms with Crippen LogP contribution in [0.3, 0.4) is 0 Å². The van der Waals surface area contributed by atoms with Crippen LogP contribution in [-0.2, 0) is 16.0 Å². The summed E-state index contributed by atoms with van der Waals surface area (Å²) >= 11 is 0. The molecule has 0 bridgehead atoms. The van der Waals surface area contributed by atoms with E-state index < -0.39 is 0 Å². The Kier molecular flexibility index (Phi) is 4.47. The topological polar surface area (TPSA) is 75.0 Å². The second-order valence-corrected chi connectivity index (χ2v) is 7.83. The summed E-state index contributed by atoms with van der Waals surface area (Å²) in [5.74, 6) is 7.64.